The standard InChI is InChI=1S/C33H19N3S/c1-6-25(23-11-8-20-4-2-16-34-28(20)19-23)31-26-18-24(13-15-29(26)37-30(31)7-1)27-14-12-22-10-9-21-5-3-17-35-32(21)33(22)36-27/h1-19H. The van der Waals surface area contributed by atoms with Crippen molar-refractivity contribution < 1.29 is 0 Å². The van der Waals surface area contributed by atoms with Gasteiger partial charge in [0.1, 0.15) is 0 Å². The second-order valence-corrected chi connectivity index (χ2v) is 10.4. The molecule has 4 heterocycles. The Morgan fingerprint density at radius 3 is 2.27 bits per heavy atom. The fraction of sp³-hybridized carbons (Fsp3) is 0. The molecule has 4 aromatic carbocycles. The lowest BCUT2D eigenvalue weighted by molar-refractivity contribution is 1.37. The first kappa shape index (κ1) is 20.5. The molecule has 0 N–H and O–H groups in total. The zero-order valence-corrected chi connectivity index (χ0v) is 20.5. The summed E-state index contributed by atoms with van der Waals surface area (Å²) in [4.78, 5) is 14.3. The molecule has 0 saturated carbocycles. The van der Waals surface area contributed by atoms with Gasteiger partial charge >= 0.3 is 0 Å². The minimum Gasteiger partial charge on any atom is -0.256 e. The van der Waals surface area contributed by atoms with Gasteiger partial charge in [-0.3, -0.25) is 9.97 Å². The van der Waals surface area contributed by atoms with Gasteiger partial charge in [0.25, 0.3) is 0 Å². The number of fused-ring (bicyclic) bond motifs is 7. The van der Waals surface area contributed by atoms with Crippen molar-refractivity contribution in [3.8, 4) is 22.4 Å². The molecular formula is C33H19N3S. The van der Waals surface area contributed by atoms with E-state index in [2.05, 4.69) is 101 Å². The Bertz CT molecular complexity index is 2160. The van der Waals surface area contributed by atoms with Gasteiger partial charge in [-0.2, -0.15) is 0 Å². The van der Waals surface area contributed by atoms with Gasteiger partial charge in [-0.25, -0.2) is 4.98 Å². The summed E-state index contributed by atoms with van der Waals surface area (Å²) in [6.45, 7) is 0. The van der Waals surface area contributed by atoms with E-state index in [0.717, 1.165) is 44.0 Å². The number of hydrogen-bond acceptors (Lipinski definition) is 4. The largest absolute Gasteiger partial charge is 0.256 e. The van der Waals surface area contributed by atoms with E-state index < -0.39 is 0 Å². The molecule has 0 fully saturated rings. The van der Waals surface area contributed by atoms with Crippen molar-refractivity contribution in [3.05, 3.63) is 116 Å². The minimum atomic E-state index is 0.940. The maximum Gasteiger partial charge on any atom is 0.0972 e. The predicted molar refractivity (Wildman–Crippen MR) is 156 cm³/mol. The summed E-state index contributed by atoms with van der Waals surface area (Å²) in [6.07, 6.45) is 3.69. The molecule has 0 saturated heterocycles. The van der Waals surface area contributed by atoms with Crippen molar-refractivity contribution in [1.82, 2.24) is 15.0 Å². The lowest BCUT2D eigenvalue weighted by Gasteiger charge is -2.08. The smallest absolute Gasteiger partial charge is 0.0972 e. The Hall–Kier alpha value is -4.67. The van der Waals surface area contributed by atoms with Crippen LogP contribution < -0.4 is 0 Å². The molecule has 3 nitrogen and oxygen atoms in total. The average Bonchev–Trinajstić information content (AvgIpc) is 3.35. The first-order valence-corrected chi connectivity index (χ1v) is 13.1. The van der Waals surface area contributed by atoms with Crippen LogP contribution in [-0.2, 0) is 0 Å². The lowest BCUT2D eigenvalue weighted by Crippen LogP contribution is -1.88. The van der Waals surface area contributed by atoms with E-state index in [1.54, 1.807) is 0 Å². The van der Waals surface area contributed by atoms with E-state index in [1.165, 1.54) is 31.3 Å². The van der Waals surface area contributed by atoms with E-state index in [4.69, 9.17) is 4.98 Å². The number of aromatic nitrogens is 3. The molecular weight excluding hydrogens is 470 g/mol. The van der Waals surface area contributed by atoms with E-state index in [9.17, 15) is 0 Å². The second-order valence-electron chi connectivity index (χ2n) is 9.31. The van der Waals surface area contributed by atoms with Gasteiger partial charge in [0, 0.05) is 54.3 Å². The minimum absolute atomic E-state index is 0.940. The number of rotatable bonds is 2. The Morgan fingerprint density at radius 1 is 0.541 bits per heavy atom. The average molecular weight is 490 g/mol. The Balaban J connectivity index is 1.35. The molecule has 0 atom stereocenters. The number of thiophene rings is 1. The van der Waals surface area contributed by atoms with Crippen LogP contribution in [0.1, 0.15) is 0 Å². The van der Waals surface area contributed by atoms with Crippen molar-refractivity contribution in [3.63, 3.8) is 0 Å². The summed E-state index contributed by atoms with van der Waals surface area (Å²) in [5.74, 6) is 0. The summed E-state index contributed by atoms with van der Waals surface area (Å²) in [6, 6.07) is 36.5. The highest BCUT2D eigenvalue weighted by molar-refractivity contribution is 7.26. The third-order valence-corrected chi connectivity index (χ3v) is 8.28. The number of nitrogens with zero attached hydrogens (tertiary/aromatic N) is 3. The topological polar surface area (TPSA) is 38.7 Å². The van der Waals surface area contributed by atoms with Crippen LogP contribution >= 0.6 is 11.3 Å². The van der Waals surface area contributed by atoms with Crippen molar-refractivity contribution in [2.24, 2.45) is 0 Å². The van der Waals surface area contributed by atoms with Crippen LogP contribution in [0.2, 0.25) is 0 Å². The van der Waals surface area contributed by atoms with Gasteiger partial charge in [-0.15, -0.1) is 11.3 Å². The van der Waals surface area contributed by atoms with Gasteiger partial charge in [0.2, 0.25) is 0 Å². The van der Waals surface area contributed by atoms with Crippen LogP contribution in [0.3, 0.4) is 0 Å². The van der Waals surface area contributed by atoms with Crippen molar-refractivity contribution in [1.29, 1.82) is 0 Å². The maximum atomic E-state index is 5.09. The van der Waals surface area contributed by atoms with Gasteiger partial charge in [0.05, 0.1) is 22.2 Å². The van der Waals surface area contributed by atoms with Crippen LogP contribution in [0.4, 0.5) is 0 Å². The Labute approximate surface area is 216 Å². The van der Waals surface area contributed by atoms with Crippen molar-refractivity contribution in [2.45, 2.75) is 0 Å². The van der Waals surface area contributed by atoms with Gasteiger partial charge in [0.15, 0.2) is 0 Å². The first-order valence-electron chi connectivity index (χ1n) is 12.3. The summed E-state index contributed by atoms with van der Waals surface area (Å²) >= 11 is 1.84. The SMILES string of the molecule is c1cnc2cc(-c3cccc4sc5ccc(-c6ccc7ccc8cccnc8c7n6)cc5c34)ccc2c1. The molecule has 37 heavy (non-hydrogen) atoms. The molecule has 172 valence electrons. The third kappa shape index (κ3) is 3.23. The third-order valence-electron chi connectivity index (χ3n) is 7.14. The fourth-order valence-electron chi connectivity index (χ4n) is 5.35. The van der Waals surface area contributed by atoms with E-state index in [1.807, 2.05) is 35.9 Å². The van der Waals surface area contributed by atoms with Gasteiger partial charge in [-0.05, 0) is 53.6 Å². The fourth-order valence-corrected chi connectivity index (χ4v) is 6.46. The highest BCUT2D eigenvalue weighted by atomic mass is 32.1. The molecule has 8 aromatic rings. The number of hydrogen-bond donors (Lipinski definition) is 0. The summed E-state index contributed by atoms with van der Waals surface area (Å²) in [5, 5.41) is 5.90. The molecule has 8 rings (SSSR count). The quantitative estimate of drug-likeness (QED) is 0.227. The van der Waals surface area contributed by atoms with Gasteiger partial charge < -0.3 is 0 Å². The molecule has 4 heteroatoms. The highest BCUT2D eigenvalue weighted by Crippen LogP contribution is 2.42. The summed E-state index contributed by atoms with van der Waals surface area (Å²) in [5.41, 5.74) is 7.37. The molecule has 0 radical (unpaired) electrons. The zero-order chi connectivity index (χ0) is 24.3. The lowest BCUT2D eigenvalue weighted by atomic mass is 9.97. The number of pyridine rings is 3. The van der Waals surface area contributed by atoms with Crippen LogP contribution in [0.15, 0.2) is 116 Å². The van der Waals surface area contributed by atoms with Gasteiger partial charge in [-0.1, -0.05) is 60.7 Å². The molecule has 0 aliphatic rings. The zero-order valence-electron chi connectivity index (χ0n) is 19.7. The first-order chi connectivity index (χ1) is 18.3. The summed E-state index contributed by atoms with van der Waals surface area (Å²) in [7, 11) is 0. The Kier molecular flexibility index (Phi) is 4.39. The van der Waals surface area contributed by atoms with E-state index in [-0.39, 0.29) is 0 Å². The highest BCUT2D eigenvalue weighted by Gasteiger charge is 2.14. The predicted octanol–water partition coefficient (Wildman–Crippen LogP) is 9.03. The van der Waals surface area contributed by atoms with Crippen LogP contribution in [0, 0.1) is 0 Å². The second kappa shape index (κ2) is 7.92. The Morgan fingerprint density at radius 2 is 1.32 bits per heavy atom. The van der Waals surface area contributed by atoms with Crippen LogP contribution in [0.25, 0.3) is 75.3 Å². The normalized spacial score (nSPS) is 11.8. The van der Waals surface area contributed by atoms with E-state index >= 15 is 0 Å². The maximum absolute atomic E-state index is 5.09. The molecule has 0 amide bonds. The van der Waals surface area contributed by atoms with Crippen LogP contribution in [-0.4, -0.2) is 15.0 Å². The molecule has 4 aromatic heterocycles. The number of benzene rings is 4. The molecule has 0 aliphatic carbocycles. The molecule has 0 unspecified atom stereocenters. The van der Waals surface area contributed by atoms with Crippen molar-refractivity contribution >= 4 is 64.2 Å². The molecule has 0 spiro atoms. The molecule has 0 aliphatic heterocycles. The van der Waals surface area contributed by atoms with E-state index in [0.29, 0.717) is 0 Å². The van der Waals surface area contributed by atoms with Crippen LogP contribution in [0.5, 0.6) is 0 Å². The van der Waals surface area contributed by atoms with Crippen molar-refractivity contribution in [2.75, 3.05) is 0 Å². The monoisotopic (exact) mass is 489 g/mol. The molecule has 0 bridgehead atoms. The summed E-state index contributed by atoms with van der Waals surface area (Å²) < 4.78 is 2.56.